The fraction of sp³-hybridized carbons (Fsp3) is 0.0455. The molecule has 0 aliphatic rings. The summed E-state index contributed by atoms with van der Waals surface area (Å²) in [6, 6.07) is 18.0. The molecule has 0 aliphatic carbocycles. The second-order valence-corrected chi connectivity index (χ2v) is 6.33. The van der Waals surface area contributed by atoms with Crippen molar-refractivity contribution in [3.05, 3.63) is 101 Å². The average Bonchev–Trinajstić information content (AvgIpc) is 2.73. The minimum Gasteiger partial charge on any atom is -0.348 e. The molecule has 1 heterocycles. The quantitative estimate of drug-likeness (QED) is 0.615. The van der Waals surface area contributed by atoms with Crippen LogP contribution in [0.2, 0.25) is 5.02 Å². The van der Waals surface area contributed by atoms with Crippen molar-refractivity contribution in [1.82, 2.24) is 10.3 Å². The molecule has 0 spiro atoms. The molecule has 0 aliphatic heterocycles. The molecule has 2 aromatic carbocycles. The van der Waals surface area contributed by atoms with Gasteiger partial charge in [0.15, 0.2) is 0 Å². The van der Waals surface area contributed by atoms with Gasteiger partial charge in [0, 0.05) is 35.7 Å². The van der Waals surface area contributed by atoms with Gasteiger partial charge in [-0.05, 0) is 41.5 Å². The fourth-order valence-corrected chi connectivity index (χ4v) is 2.70. The number of benzene rings is 2. The van der Waals surface area contributed by atoms with Crippen LogP contribution in [0.25, 0.3) is 6.08 Å². The maximum atomic E-state index is 12.3. The number of rotatable bonds is 6. The van der Waals surface area contributed by atoms with E-state index >= 15 is 0 Å². The Morgan fingerprint density at radius 3 is 2.57 bits per heavy atom. The Labute approximate surface area is 168 Å². The van der Waals surface area contributed by atoms with Crippen molar-refractivity contribution in [3.63, 3.8) is 0 Å². The van der Waals surface area contributed by atoms with Gasteiger partial charge in [0.1, 0.15) is 0 Å². The van der Waals surface area contributed by atoms with E-state index in [1.807, 2.05) is 36.4 Å². The molecule has 3 rings (SSSR count). The Balaban J connectivity index is 1.63. The lowest BCUT2D eigenvalue weighted by Gasteiger charge is -2.11. The summed E-state index contributed by atoms with van der Waals surface area (Å²) < 4.78 is 0. The van der Waals surface area contributed by atoms with Gasteiger partial charge in [-0.15, -0.1) is 0 Å². The molecule has 0 atom stereocenters. The summed E-state index contributed by atoms with van der Waals surface area (Å²) in [6.07, 6.45) is 6.20. The van der Waals surface area contributed by atoms with Crippen molar-refractivity contribution in [2.45, 2.75) is 6.54 Å². The van der Waals surface area contributed by atoms with Crippen LogP contribution < -0.4 is 10.6 Å². The van der Waals surface area contributed by atoms with Crippen LogP contribution in [0.1, 0.15) is 21.5 Å². The van der Waals surface area contributed by atoms with Crippen LogP contribution in [0.3, 0.4) is 0 Å². The number of amides is 2. The molecular formula is C22H18ClN3O2. The molecule has 0 unspecified atom stereocenters. The first-order valence-corrected chi connectivity index (χ1v) is 9.01. The average molecular weight is 392 g/mol. The van der Waals surface area contributed by atoms with E-state index in [9.17, 15) is 9.59 Å². The largest absolute Gasteiger partial charge is 0.348 e. The molecule has 3 aromatic rings. The predicted octanol–water partition coefficient (Wildman–Crippen LogP) is 4.32. The number of carbonyl (C=O) groups is 2. The van der Waals surface area contributed by atoms with Crippen molar-refractivity contribution in [1.29, 1.82) is 0 Å². The van der Waals surface area contributed by atoms with Gasteiger partial charge < -0.3 is 10.6 Å². The SMILES string of the molecule is O=C(/C=C/c1ccccc1Cl)NCc1ccccc1NC(=O)c1cccnc1. The smallest absolute Gasteiger partial charge is 0.257 e. The lowest BCUT2D eigenvalue weighted by Crippen LogP contribution is -2.22. The van der Waals surface area contributed by atoms with Crippen LogP contribution >= 0.6 is 11.6 Å². The minimum absolute atomic E-state index is 0.256. The summed E-state index contributed by atoms with van der Waals surface area (Å²) in [6.45, 7) is 0.273. The molecule has 28 heavy (non-hydrogen) atoms. The van der Waals surface area contributed by atoms with Gasteiger partial charge in [0.05, 0.1) is 5.56 Å². The summed E-state index contributed by atoms with van der Waals surface area (Å²) >= 11 is 6.07. The lowest BCUT2D eigenvalue weighted by atomic mass is 10.1. The minimum atomic E-state index is -0.259. The number of aromatic nitrogens is 1. The van der Waals surface area contributed by atoms with Crippen LogP contribution in [-0.4, -0.2) is 16.8 Å². The molecule has 1 aromatic heterocycles. The third-order valence-electron chi connectivity index (χ3n) is 3.96. The van der Waals surface area contributed by atoms with Gasteiger partial charge in [-0.2, -0.15) is 0 Å². The number of nitrogens with zero attached hydrogens (tertiary/aromatic N) is 1. The molecule has 0 bridgehead atoms. The van der Waals surface area contributed by atoms with Gasteiger partial charge in [-0.1, -0.05) is 48.0 Å². The Kier molecular flexibility index (Phi) is 6.54. The van der Waals surface area contributed by atoms with E-state index < -0.39 is 0 Å². The lowest BCUT2D eigenvalue weighted by molar-refractivity contribution is -0.116. The first kappa shape index (κ1) is 19.3. The topological polar surface area (TPSA) is 71.1 Å². The molecule has 0 saturated heterocycles. The Morgan fingerprint density at radius 2 is 1.79 bits per heavy atom. The number of halogens is 1. The third kappa shape index (κ3) is 5.28. The molecule has 6 heteroatoms. The zero-order chi connectivity index (χ0) is 19.8. The second kappa shape index (κ2) is 9.48. The van der Waals surface area contributed by atoms with E-state index in [4.69, 9.17) is 11.6 Å². The Bertz CT molecular complexity index is 1000. The van der Waals surface area contributed by atoms with E-state index in [1.165, 1.54) is 12.3 Å². The normalized spacial score (nSPS) is 10.6. The van der Waals surface area contributed by atoms with Crippen molar-refractivity contribution < 1.29 is 9.59 Å². The van der Waals surface area contributed by atoms with Gasteiger partial charge >= 0.3 is 0 Å². The molecule has 5 nitrogen and oxygen atoms in total. The van der Waals surface area contributed by atoms with E-state index in [0.717, 1.165) is 11.1 Å². The van der Waals surface area contributed by atoms with Crippen molar-refractivity contribution >= 4 is 35.2 Å². The zero-order valence-electron chi connectivity index (χ0n) is 14.9. The number of pyridine rings is 1. The predicted molar refractivity (Wildman–Crippen MR) is 111 cm³/mol. The second-order valence-electron chi connectivity index (χ2n) is 5.93. The van der Waals surface area contributed by atoms with E-state index in [1.54, 1.807) is 36.5 Å². The highest BCUT2D eigenvalue weighted by atomic mass is 35.5. The first-order chi connectivity index (χ1) is 13.6. The van der Waals surface area contributed by atoms with Gasteiger partial charge in [-0.25, -0.2) is 0 Å². The van der Waals surface area contributed by atoms with Crippen LogP contribution in [0.15, 0.2) is 79.1 Å². The van der Waals surface area contributed by atoms with E-state index in [-0.39, 0.29) is 18.4 Å². The van der Waals surface area contributed by atoms with Crippen LogP contribution in [0.5, 0.6) is 0 Å². The maximum Gasteiger partial charge on any atom is 0.257 e. The summed E-state index contributed by atoms with van der Waals surface area (Å²) in [5, 5.41) is 6.24. The maximum absolute atomic E-state index is 12.3. The number of anilines is 1. The number of carbonyl (C=O) groups excluding carboxylic acids is 2. The van der Waals surface area contributed by atoms with Crippen LogP contribution in [-0.2, 0) is 11.3 Å². The zero-order valence-corrected chi connectivity index (χ0v) is 15.7. The van der Waals surface area contributed by atoms with E-state index in [0.29, 0.717) is 16.3 Å². The van der Waals surface area contributed by atoms with Crippen molar-refractivity contribution in [2.75, 3.05) is 5.32 Å². The number of para-hydroxylation sites is 1. The highest BCUT2D eigenvalue weighted by molar-refractivity contribution is 6.32. The number of nitrogens with one attached hydrogen (secondary N) is 2. The highest BCUT2D eigenvalue weighted by Crippen LogP contribution is 2.17. The standard InChI is InChI=1S/C22H18ClN3O2/c23-19-9-3-1-6-16(19)11-12-21(27)25-15-17-7-2-4-10-20(17)26-22(28)18-8-5-13-24-14-18/h1-14H,15H2,(H,25,27)(H,26,28)/b12-11+. The fourth-order valence-electron chi connectivity index (χ4n) is 2.50. The van der Waals surface area contributed by atoms with E-state index in [2.05, 4.69) is 15.6 Å². The summed E-state index contributed by atoms with van der Waals surface area (Å²) in [5.41, 5.74) is 2.65. The number of hydrogen-bond donors (Lipinski definition) is 2. The summed E-state index contributed by atoms with van der Waals surface area (Å²) in [5.74, 6) is -0.515. The molecular weight excluding hydrogens is 374 g/mol. The molecule has 0 saturated carbocycles. The monoisotopic (exact) mass is 391 g/mol. The number of hydrogen-bond acceptors (Lipinski definition) is 3. The van der Waals surface area contributed by atoms with Crippen molar-refractivity contribution in [3.8, 4) is 0 Å². The molecule has 2 amide bonds. The van der Waals surface area contributed by atoms with Gasteiger partial charge in [0.2, 0.25) is 5.91 Å². The van der Waals surface area contributed by atoms with Crippen molar-refractivity contribution in [2.24, 2.45) is 0 Å². The van der Waals surface area contributed by atoms with Gasteiger partial charge in [-0.3, -0.25) is 14.6 Å². The van der Waals surface area contributed by atoms with Gasteiger partial charge in [0.25, 0.3) is 5.91 Å². The third-order valence-corrected chi connectivity index (χ3v) is 4.31. The Morgan fingerprint density at radius 1 is 1.00 bits per heavy atom. The molecule has 0 fully saturated rings. The molecule has 140 valence electrons. The van der Waals surface area contributed by atoms with Crippen LogP contribution in [0.4, 0.5) is 5.69 Å². The summed E-state index contributed by atoms with van der Waals surface area (Å²) in [7, 11) is 0. The first-order valence-electron chi connectivity index (χ1n) is 8.63. The Hall–Kier alpha value is -3.44. The molecule has 2 N–H and O–H groups in total. The highest BCUT2D eigenvalue weighted by Gasteiger charge is 2.09. The molecule has 0 radical (unpaired) electrons. The summed E-state index contributed by atoms with van der Waals surface area (Å²) in [4.78, 5) is 28.4. The van der Waals surface area contributed by atoms with Crippen LogP contribution in [0, 0.1) is 0 Å².